The van der Waals surface area contributed by atoms with Crippen molar-refractivity contribution in [3.8, 4) is 5.75 Å². The van der Waals surface area contributed by atoms with Gasteiger partial charge in [0.25, 0.3) is 0 Å². The molecule has 0 aromatic heterocycles. The van der Waals surface area contributed by atoms with Crippen LogP contribution in [-0.4, -0.2) is 23.8 Å². The van der Waals surface area contributed by atoms with Crippen LogP contribution in [-0.2, 0) is 9.47 Å². The SMILES string of the molecule is C=COC1CCCCC1Oc1c(I)c(I)c(I)c(I)c1C(=O)OC(C)(C)C1CCCCC1. The highest BCUT2D eigenvalue weighted by molar-refractivity contribution is 14.1. The van der Waals surface area contributed by atoms with Gasteiger partial charge in [0.15, 0.2) is 0 Å². The first-order valence-electron chi connectivity index (χ1n) is 11.2. The Morgan fingerprint density at radius 3 is 2.06 bits per heavy atom. The summed E-state index contributed by atoms with van der Waals surface area (Å²) in [5, 5.41) is 0. The molecule has 1 aromatic rings. The molecular weight excluding hydrogens is 860 g/mol. The Morgan fingerprint density at radius 2 is 1.44 bits per heavy atom. The Hall–Kier alpha value is 0.950. The molecule has 0 spiro atoms. The van der Waals surface area contributed by atoms with Crippen LogP contribution in [0.5, 0.6) is 5.75 Å². The Kier molecular flexibility index (Phi) is 10.6. The van der Waals surface area contributed by atoms with Crippen molar-refractivity contribution < 1.29 is 19.0 Å². The summed E-state index contributed by atoms with van der Waals surface area (Å²) in [5.74, 6) is 0.742. The van der Waals surface area contributed by atoms with E-state index in [-0.39, 0.29) is 18.2 Å². The normalized spacial score (nSPS) is 22.3. The molecule has 3 rings (SSSR count). The molecule has 2 aliphatic rings. The molecule has 2 unspecified atom stereocenters. The predicted octanol–water partition coefficient (Wildman–Crippen LogP) is 8.47. The number of carbonyl (C=O) groups is 1. The smallest absolute Gasteiger partial charge is 0.343 e. The van der Waals surface area contributed by atoms with E-state index in [2.05, 4.69) is 111 Å². The van der Waals surface area contributed by atoms with Crippen LogP contribution in [0.25, 0.3) is 0 Å². The van der Waals surface area contributed by atoms with Crippen molar-refractivity contribution in [2.45, 2.75) is 89.4 Å². The van der Waals surface area contributed by atoms with Gasteiger partial charge in [0, 0.05) is 10.7 Å². The molecule has 8 heteroatoms. The van der Waals surface area contributed by atoms with Gasteiger partial charge in [-0.05, 0) is 149 Å². The Balaban J connectivity index is 1.95. The van der Waals surface area contributed by atoms with Crippen molar-refractivity contribution in [1.82, 2.24) is 0 Å². The molecule has 4 nitrogen and oxygen atoms in total. The molecule has 0 heterocycles. The fraction of sp³-hybridized carbons (Fsp3) is 0.625. The highest BCUT2D eigenvalue weighted by atomic mass is 127. The number of benzene rings is 1. The lowest BCUT2D eigenvalue weighted by Crippen LogP contribution is -2.39. The minimum Gasteiger partial charge on any atom is -0.495 e. The van der Waals surface area contributed by atoms with Crippen LogP contribution < -0.4 is 4.74 Å². The van der Waals surface area contributed by atoms with Crippen molar-refractivity contribution in [2.24, 2.45) is 5.92 Å². The van der Waals surface area contributed by atoms with Crippen LogP contribution in [0.4, 0.5) is 0 Å². The first kappa shape index (κ1) is 27.5. The van der Waals surface area contributed by atoms with Crippen LogP contribution in [0.1, 0.15) is 82.0 Å². The topological polar surface area (TPSA) is 44.8 Å². The van der Waals surface area contributed by atoms with E-state index in [1.165, 1.54) is 25.5 Å². The summed E-state index contributed by atoms with van der Waals surface area (Å²) >= 11 is 9.23. The fourth-order valence-electron chi connectivity index (χ4n) is 4.70. The highest BCUT2D eigenvalue weighted by Gasteiger charge is 2.38. The van der Waals surface area contributed by atoms with E-state index in [4.69, 9.17) is 14.2 Å². The fourth-order valence-corrected chi connectivity index (χ4v) is 8.19. The second kappa shape index (κ2) is 12.3. The van der Waals surface area contributed by atoms with Gasteiger partial charge in [-0.25, -0.2) is 4.79 Å². The Labute approximate surface area is 246 Å². The van der Waals surface area contributed by atoms with Gasteiger partial charge in [-0.3, -0.25) is 0 Å². The molecular formula is C24H30I4O4. The van der Waals surface area contributed by atoms with E-state index in [1.54, 1.807) is 0 Å². The molecule has 0 saturated heterocycles. The maximum atomic E-state index is 13.6. The maximum Gasteiger partial charge on any atom is 0.343 e. The van der Waals surface area contributed by atoms with Crippen LogP contribution in [0.2, 0.25) is 0 Å². The zero-order valence-corrected chi connectivity index (χ0v) is 27.2. The molecule has 2 aliphatic carbocycles. The van der Waals surface area contributed by atoms with Gasteiger partial charge in [-0.1, -0.05) is 25.8 Å². The van der Waals surface area contributed by atoms with Gasteiger partial charge in [0.1, 0.15) is 29.1 Å². The van der Waals surface area contributed by atoms with Gasteiger partial charge in [-0.2, -0.15) is 0 Å². The van der Waals surface area contributed by atoms with Gasteiger partial charge in [-0.15, -0.1) is 0 Å². The first-order chi connectivity index (χ1) is 15.2. The second-order valence-electron chi connectivity index (χ2n) is 9.07. The van der Waals surface area contributed by atoms with Gasteiger partial charge in [0.2, 0.25) is 0 Å². The molecule has 178 valence electrons. The molecule has 0 radical (unpaired) electrons. The Morgan fingerprint density at radius 1 is 0.875 bits per heavy atom. The average molecular weight is 890 g/mol. The maximum absolute atomic E-state index is 13.6. The third-order valence-electron chi connectivity index (χ3n) is 6.55. The summed E-state index contributed by atoms with van der Waals surface area (Å²) in [6.45, 7) is 7.85. The van der Waals surface area contributed by atoms with E-state index in [1.807, 2.05) is 0 Å². The number of carbonyl (C=O) groups excluding carboxylic acids is 1. The van der Waals surface area contributed by atoms with E-state index in [0.29, 0.717) is 17.2 Å². The van der Waals surface area contributed by atoms with Gasteiger partial charge < -0.3 is 14.2 Å². The quantitative estimate of drug-likeness (QED) is 0.0907. The van der Waals surface area contributed by atoms with E-state index >= 15 is 0 Å². The van der Waals surface area contributed by atoms with Crippen molar-refractivity contribution in [1.29, 1.82) is 0 Å². The summed E-state index contributed by atoms with van der Waals surface area (Å²) in [6, 6.07) is 0. The van der Waals surface area contributed by atoms with Crippen LogP contribution in [0, 0.1) is 20.2 Å². The van der Waals surface area contributed by atoms with E-state index in [9.17, 15) is 4.79 Å². The summed E-state index contributed by atoms with van der Waals surface area (Å²) < 4.78 is 22.6. The summed E-state index contributed by atoms with van der Waals surface area (Å²) in [4.78, 5) is 13.6. The van der Waals surface area contributed by atoms with Crippen LogP contribution in [0.3, 0.4) is 0 Å². The third-order valence-corrected chi connectivity index (χ3v) is 13.9. The Bertz CT molecular complexity index is 849. The lowest BCUT2D eigenvalue weighted by molar-refractivity contribution is -0.0396. The molecule has 1 aromatic carbocycles. The molecule has 0 aliphatic heterocycles. The van der Waals surface area contributed by atoms with Gasteiger partial charge >= 0.3 is 5.97 Å². The molecule has 32 heavy (non-hydrogen) atoms. The minimum absolute atomic E-state index is 0.0470. The molecule has 0 amide bonds. The number of hydrogen-bond donors (Lipinski definition) is 0. The van der Waals surface area contributed by atoms with Crippen molar-refractivity contribution >= 4 is 96.3 Å². The highest BCUT2D eigenvalue weighted by Crippen LogP contribution is 2.42. The largest absolute Gasteiger partial charge is 0.495 e. The van der Waals surface area contributed by atoms with Crippen LogP contribution >= 0.6 is 90.4 Å². The van der Waals surface area contributed by atoms with Crippen molar-refractivity contribution in [2.75, 3.05) is 0 Å². The minimum atomic E-state index is -0.503. The number of rotatable bonds is 7. The predicted molar refractivity (Wildman–Crippen MR) is 161 cm³/mol. The number of ether oxygens (including phenoxy) is 3. The number of hydrogen-bond acceptors (Lipinski definition) is 4. The molecule has 2 atom stereocenters. The lowest BCUT2D eigenvalue weighted by atomic mass is 9.79. The van der Waals surface area contributed by atoms with Crippen molar-refractivity contribution in [3.63, 3.8) is 0 Å². The molecule has 0 N–H and O–H groups in total. The van der Waals surface area contributed by atoms with Gasteiger partial charge in [0.05, 0.1) is 9.83 Å². The van der Waals surface area contributed by atoms with E-state index in [0.717, 1.165) is 52.8 Å². The average Bonchev–Trinajstić information content (AvgIpc) is 2.77. The van der Waals surface area contributed by atoms with E-state index < -0.39 is 5.60 Å². The number of halogens is 4. The standard InChI is InChI=1S/C24H30I4O4/c1-4-30-15-12-8-9-13-16(15)31-22-17(18(25)19(26)20(27)21(22)28)23(29)32-24(2,3)14-10-6-5-7-11-14/h4,14-16H,1,5-13H2,2-3H3. The lowest BCUT2D eigenvalue weighted by Gasteiger charge is -2.37. The molecule has 2 fully saturated rings. The summed E-state index contributed by atoms with van der Waals surface area (Å²) in [5.41, 5.74) is 0.0449. The summed E-state index contributed by atoms with van der Waals surface area (Å²) in [7, 11) is 0. The monoisotopic (exact) mass is 890 g/mol. The third kappa shape index (κ3) is 6.38. The first-order valence-corrected chi connectivity index (χ1v) is 15.5. The molecule has 0 bridgehead atoms. The zero-order valence-electron chi connectivity index (χ0n) is 18.5. The molecule has 2 saturated carbocycles. The number of esters is 1. The second-order valence-corrected chi connectivity index (χ2v) is 13.4. The van der Waals surface area contributed by atoms with Crippen molar-refractivity contribution in [3.05, 3.63) is 32.7 Å². The summed E-state index contributed by atoms with van der Waals surface area (Å²) in [6.07, 6.45) is 11.3. The van der Waals surface area contributed by atoms with Crippen LogP contribution in [0.15, 0.2) is 12.8 Å². The zero-order chi connectivity index (χ0) is 23.5.